The first kappa shape index (κ1) is 17.8. The molecule has 4 heteroatoms. The maximum atomic E-state index is 13.8. The first-order valence-corrected chi connectivity index (χ1v) is 9.45. The van der Waals surface area contributed by atoms with Gasteiger partial charge in [-0.3, -0.25) is 9.80 Å². The Labute approximate surface area is 145 Å². The molecule has 1 aromatic carbocycles. The summed E-state index contributed by atoms with van der Waals surface area (Å²) >= 11 is 0. The summed E-state index contributed by atoms with van der Waals surface area (Å²) in [4.78, 5) is 5.06. The quantitative estimate of drug-likeness (QED) is 0.723. The third-order valence-corrected chi connectivity index (χ3v) is 5.73. The minimum absolute atomic E-state index is 0.0738. The van der Waals surface area contributed by atoms with Gasteiger partial charge in [0.2, 0.25) is 0 Å². The Bertz CT molecular complexity index is 498. The minimum atomic E-state index is -0.0738. The van der Waals surface area contributed by atoms with E-state index in [1.807, 2.05) is 12.1 Å². The molecule has 0 amide bonds. The van der Waals surface area contributed by atoms with E-state index in [1.54, 1.807) is 19.2 Å². The van der Waals surface area contributed by atoms with E-state index in [1.165, 1.54) is 38.6 Å². The second kappa shape index (κ2) is 8.93. The third kappa shape index (κ3) is 4.78. The molecule has 1 aromatic rings. The lowest BCUT2D eigenvalue weighted by atomic mass is 9.89. The van der Waals surface area contributed by atoms with Crippen LogP contribution < -0.4 is 0 Å². The topological polar surface area (TPSA) is 15.7 Å². The number of piperidine rings is 1. The average molecular weight is 334 g/mol. The van der Waals surface area contributed by atoms with Crippen molar-refractivity contribution in [3.63, 3.8) is 0 Å². The lowest BCUT2D eigenvalue weighted by Gasteiger charge is -2.41. The zero-order chi connectivity index (χ0) is 16.8. The number of methoxy groups -OCH3 is 1. The highest BCUT2D eigenvalue weighted by molar-refractivity contribution is 5.17. The molecule has 0 aromatic heterocycles. The predicted molar refractivity (Wildman–Crippen MR) is 95.5 cm³/mol. The summed E-state index contributed by atoms with van der Waals surface area (Å²) in [5.74, 6) is 0.703. The van der Waals surface area contributed by atoms with Gasteiger partial charge in [0.05, 0.1) is 6.61 Å². The fraction of sp³-hybridized carbons (Fsp3) is 0.700. The van der Waals surface area contributed by atoms with Gasteiger partial charge in [-0.2, -0.15) is 0 Å². The molecule has 134 valence electrons. The van der Waals surface area contributed by atoms with E-state index >= 15 is 0 Å². The molecule has 24 heavy (non-hydrogen) atoms. The van der Waals surface area contributed by atoms with Gasteiger partial charge in [-0.05, 0) is 50.8 Å². The SMILES string of the molecule is COCCN(CC1CCN(Cc2ccccc2F)CC1)C1CCC1. The van der Waals surface area contributed by atoms with Crippen LogP contribution in [0.5, 0.6) is 0 Å². The summed E-state index contributed by atoms with van der Waals surface area (Å²) in [6, 6.07) is 7.95. The molecule has 0 radical (unpaired) electrons. The molecule has 0 N–H and O–H groups in total. The van der Waals surface area contributed by atoms with Crippen LogP contribution in [0.2, 0.25) is 0 Å². The summed E-state index contributed by atoms with van der Waals surface area (Å²) in [5, 5.41) is 0. The van der Waals surface area contributed by atoms with E-state index in [-0.39, 0.29) is 5.82 Å². The number of hydrogen-bond acceptors (Lipinski definition) is 3. The molecule has 1 saturated carbocycles. The summed E-state index contributed by atoms with van der Waals surface area (Å²) in [5.41, 5.74) is 0.826. The van der Waals surface area contributed by atoms with Gasteiger partial charge in [-0.1, -0.05) is 24.6 Å². The number of ether oxygens (including phenoxy) is 1. The number of rotatable bonds is 8. The maximum Gasteiger partial charge on any atom is 0.127 e. The van der Waals surface area contributed by atoms with Gasteiger partial charge in [0.15, 0.2) is 0 Å². The average Bonchev–Trinajstić information content (AvgIpc) is 2.55. The van der Waals surface area contributed by atoms with Crippen molar-refractivity contribution in [1.29, 1.82) is 0 Å². The first-order chi connectivity index (χ1) is 11.8. The molecule has 1 aliphatic heterocycles. The van der Waals surface area contributed by atoms with Crippen LogP contribution in [0.15, 0.2) is 24.3 Å². The number of halogens is 1. The fourth-order valence-electron chi connectivity index (χ4n) is 3.91. The van der Waals surface area contributed by atoms with Crippen molar-refractivity contribution in [2.75, 3.05) is 39.9 Å². The normalized spacial score (nSPS) is 20.5. The molecule has 1 heterocycles. The van der Waals surface area contributed by atoms with Crippen LogP contribution in [0.25, 0.3) is 0 Å². The van der Waals surface area contributed by atoms with Gasteiger partial charge < -0.3 is 4.74 Å². The molecule has 2 fully saturated rings. The number of benzene rings is 1. The second-order valence-electron chi connectivity index (χ2n) is 7.38. The monoisotopic (exact) mass is 334 g/mol. The second-order valence-corrected chi connectivity index (χ2v) is 7.38. The van der Waals surface area contributed by atoms with Crippen molar-refractivity contribution in [2.45, 2.75) is 44.7 Å². The highest BCUT2D eigenvalue weighted by Crippen LogP contribution is 2.28. The van der Waals surface area contributed by atoms with Crippen LogP contribution in [0, 0.1) is 11.7 Å². The first-order valence-electron chi connectivity index (χ1n) is 9.45. The largest absolute Gasteiger partial charge is 0.383 e. The van der Waals surface area contributed by atoms with E-state index in [4.69, 9.17) is 4.74 Å². The van der Waals surface area contributed by atoms with Crippen LogP contribution in [0.4, 0.5) is 4.39 Å². The van der Waals surface area contributed by atoms with Crippen LogP contribution >= 0.6 is 0 Å². The Morgan fingerprint density at radius 1 is 1.17 bits per heavy atom. The van der Waals surface area contributed by atoms with Gasteiger partial charge in [-0.25, -0.2) is 4.39 Å². The highest BCUT2D eigenvalue weighted by Gasteiger charge is 2.28. The van der Waals surface area contributed by atoms with Crippen molar-refractivity contribution in [3.8, 4) is 0 Å². The lowest BCUT2D eigenvalue weighted by Crippen LogP contribution is -2.46. The Morgan fingerprint density at radius 2 is 1.92 bits per heavy atom. The van der Waals surface area contributed by atoms with Crippen LogP contribution in [-0.2, 0) is 11.3 Å². The predicted octanol–water partition coefficient (Wildman–Crippen LogP) is 3.54. The zero-order valence-corrected chi connectivity index (χ0v) is 14.9. The van der Waals surface area contributed by atoms with Crippen LogP contribution in [-0.4, -0.2) is 55.7 Å². The summed E-state index contributed by atoms with van der Waals surface area (Å²) in [6.45, 7) is 6.03. The molecular formula is C20H31FN2O. The smallest absolute Gasteiger partial charge is 0.127 e. The standard InChI is InChI=1S/C20H31FN2O/c1-24-14-13-23(19-6-4-7-19)15-17-9-11-22(12-10-17)16-18-5-2-3-8-20(18)21/h2-3,5,8,17,19H,4,6-7,9-16H2,1H3. The van der Waals surface area contributed by atoms with Gasteiger partial charge in [0.25, 0.3) is 0 Å². The molecule has 3 nitrogen and oxygen atoms in total. The van der Waals surface area contributed by atoms with E-state index in [2.05, 4.69) is 9.80 Å². The Morgan fingerprint density at radius 3 is 2.54 bits per heavy atom. The van der Waals surface area contributed by atoms with Crippen molar-refractivity contribution in [2.24, 2.45) is 5.92 Å². The van der Waals surface area contributed by atoms with Crippen molar-refractivity contribution in [1.82, 2.24) is 9.80 Å². The molecule has 0 spiro atoms. The third-order valence-electron chi connectivity index (χ3n) is 5.73. The Kier molecular flexibility index (Phi) is 6.64. The summed E-state index contributed by atoms with van der Waals surface area (Å²) in [7, 11) is 1.79. The minimum Gasteiger partial charge on any atom is -0.383 e. The number of nitrogens with zero attached hydrogens (tertiary/aromatic N) is 2. The van der Waals surface area contributed by atoms with Gasteiger partial charge in [0, 0.05) is 38.3 Å². The van der Waals surface area contributed by atoms with Crippen LogP contribution in [0.3, 0.4) is 0 Å². The fourth-order valence-corrected chi connectivity index (χ4v) is 3.91. The molecule has 3 rings (SSSR count). The van der Waals surface area contributed by atoms with Gasteiger partial charge in [-0.15, -0.1) is 0 Å². The Balaban J connectivity index is 1.44. The number of likely N-dealkylation sites (tertiary alicyclic amines) is 1. The van der Waals surface area contributed by atoms with Crippen molar-refractivity contribution in [3.05, 3.63) is 35.6 Å². The number of hydrogen-bond donors (Lipinski definition) is 0. The van der Waals surface area contributed by atoms with E-state index in [0.29, 0.717) is 0 Å². The zero-order valence-electron chi connectivity index (χ0n) is 14.9. The maximum absolute atomic E-state index is 13.8. The summed E-state index contributed by atoms with van der Waals surface area (Å²) < 4.78 is 19.1. The molecule has 0 atom stereocenters. The van der Waals surface area contributed by atoms with Gasteiger partial charge in [0.1, 0.15) is 5.82 Å². The molecule has 2 aliphatic rings. The molecule has 0 unspecified atom stereocenters. The van der Waals surface area contributed by atoms with Crippen molar-refractivity contribution >= 4 is 0 Å². The van der Waals surface area contributed by atoms with Crippen LogP contribution in [0.1, 0.15) is 37.7 Å². The van der Waals surface area contributed by atoms with Gasteiger partial charge >= 0.3 is 0 Å². The highest BCUT2D eigenvalue weighted by atomic mass is 19.1. The van der Waals surface area contributed by atoms with Crippen molar-refractivity contribution < 1.29 is 9.13 Å². The van der Waals surface area contributed by atoms with E-state index in [9.17, 15) is 4.39 Å². The Hall–Kier alpha value is -0.970. The molecular weight excluding hydrogens is 303 g/mol. The lowest BCUT2D eigenvalue weighted by molar-refractivity contribution is 0.0562. The van der Waals surface area contributed by atoms with E-state index < -0.39 is 0 Å². The molecule has 1 aliphatic carbocycles. The van der Waals surface area contributed by atoms with E-state index in [0.717, 1.165) is 50.3 Å². The summed E-state index contributed by atoms with van der Waals surface area (Å²) in [6.07, 6.45) is 6.55. The molecule has 0 bridgehead atoms. The molecule has 1 saturated heterocycles.